The van der Waals surface area contributed by atoms with E-state index >= 15 is 0 Å². The van der Waals surface area contributed by atoms with Gasteiger partial charge in [0.25, 0.3) is 0 Å². The monoisotopic (exact) mass is 325 g/mol. The summed E-state index contributed by atoms with van der Waals surface area (Å²) in [4.78, 5) is 16.2. The molecule has 5 nitrogen and oxygen atoms in total. The number of ether oxygens (including phenoxy) is 3. The molecule has 0 amide bonds. The van der Waals surface area contributed by atoms with Gasteiger partial charge in [0.1, 0.15) is 0 Å². The van der Waals surface area contributed by atoms with Crippen molar-refractivity contribution in [3.05, 3.63) is 53.2 Å². The molecule has 0 aliphatic rings. The zero-order valence-electron chi connectivity index (χ0n) is 14.1. The molecule has 2 aromatic carbocycles. The van der Waals surface area contributed by atoms with Gasteiger partial charge in [0.15, 0.2) is 11.5 Å². The van der Waals surface area contributed by atoms with E-state index in [0.29, 0.717) is 28.5 Å². The van der Waals surface area contributed by atoms with E-state index in [1.165, 1.54) is 21.3 Å². The van der Waals surface area contributed by atoms with Gasteiger partial charge in [-0.15, -0.1) is 0 Å². The predicted octanol–water partition coefficient (Wildman–Crippen LogP) is 3.73. The lowest BCUT2D eigenvalue weighted by molar-refractivity contribution is 0.103. The first-order valence-corrected chi connectivity index (χ1v) is 7.52. The second-order valence-corrected chi connectivity index (χ2v) is 5.41. The van der Waals surface area contributed by atoms with Crippen LogP contribution < -0.4 is 14.2 Å². The van der Waals surface area contributed by atoms with Crippen LogP contribution in [0.2, 0.25) is 0 Å². The number of nitrogens with one attached hydrogen (secondary N) is 1. The number of methoxy groups -OCH3 is 3. The number of ketones is 1. The number of aromatic nitrogens is 1. The molecular weight excluding hydrogens is 306 g/mol. The number of aromatic amines is 1. The molecule has 0 unspecified atom stereocenters. The summed E-state index contributed by atoms with van der Waals surface area (Å²) in [6, 6.07) is 11.2. The van der Waals surface area contributed by atoms with Gasteiger partial charge in [-0.05, 0) is 30.7 Å². The number of hydrogen-bond donors (Lipinski definition) is 1. The first kappa shape index (κ1) is 15.9. The highest BCUT2D eigenvalue weighted by atomic mass is 16.5. The van der Waals surface area contributed by atoms with Gasteiger partial charge in [-0.1, -0.05) is 18.2 Å². The van der Waals surface area contributed by atoms with Crippen molar-refractivity contribution in [2.45, 2.75) is 6.92 Å². The molecule has 3 aromatic rings. The molecule has 0 saturated carbocycles. The largest absolute Gasteiger partial charge is 0.493 e. The van der Waals surface area contributed by atoms with Gasteiger partial charge in [0.2, 0.25) is 11.5 Å². The van der Waals surface area contributed by atoms with Crippen molar-refractivity contribution in [2.24, 2.45) is 0 Å². The van der Waals surface area contributed by atoms with Crippen molar-refractivity contribution in [1.29, 1.82) is 0 Å². The quantitative estimate of drug-likeness (QED) is 0.726. The fraction of sp³-hybridized carbons (Fsp3) is 0.211. The van der Waals surface area contributed by atoms with Crippen molar-refractivity contribution in [3.63, 3.8) is 0 Å². The molecule has 0 bridgehead atoms. The van der Waals surface area contributed by atoms with Crippen LogP contribution in [0, 0.1) is 6.92 Å². The summed E-state index contributed by atoms with van der Waals surface area (Å²) in [6.07, 6.45) is 0. The molecule has 3 rings (SSSR count). The Morgan fingerprint density at radius 2 is 1.58 bits per heavy atom. The van der Waals surface area contributed by atoms with Gasteiger partial charge in [0.05, 0.1) is 27.0 Å². The highest BCUT2D eigenvalue weighted by Crippen LogP contribution is 2.39. The average Bonchev–Trinajstić information content (AvgIpc) is 2.96. The Morgan fingerprint density at radius 3 is 2.12 bits per heavy atom. The molecule has 0 radical (unpaired) electrons. The van der Waals surface area contributed by atoms with Crippen LogP contribution in [0.25, 0.3) is 10.9 Å². The van der Waals surface area contributed by atoms with E-state index in [4.69, 9.17) is 14.2 Å². The molecule has 0 atom stereocenters. The highest BCUT2D eigenvalue weighted by molar-refractivity contribution is 6.12. The molecular formula is C19H19NO4. The van der Waals surface area contributed by atoms with Crippen molar-refractivity contribution in [1.82, 2.24) is 4.98 Å². The highest BCUT2D eigenvalue weighted by Gasteiger charge is 2.21. The Labute approximate surface area is 140 Å². The van der Waals surface area contributed by atoms with Gasteiger partial charge < -0.3 is 19.2 Å². The summed E-state index contributed by atoms with van der Waals surface area (Å²) >= 11 is 0. The standard InChI is InChI=1S/C19H19NO4/c1-11-13-7-5-6-8-14(13)20-17(11)18(21)12-9-15(22-2)19(24-4)16(10-12)23-3/h5-10,20H,1-4H3. The first-order valence-electron chi connectivity index (χ1n) is 7.52. The molecule has 0 saturated heterocycles. The van der Waals surface area contributed by atoms with E-state index in [1.807, 2.05) is 31.2 Å². The number of carbonyl (C=O) groups excluding carboxylic acids is 1. The van der Waals surface area contributed by atoms with E-state index in [2.05, 4.69) is 4.98 Å². The number of benzene rings is 2. The van der Waals surface area contributed by atoms with Crippen molar-refractivity contribution in [2.75, 3.05) is 21.3 Å². The fourth-order valence-corrected chi connectivity index (χ4v) is 2.87. The number of fused-ring (bicyclic) bond motifs is 1. The van der Waals surface area contributed by atoms with E-state index in [9.17, 15) is 4.79 Å². The summed E-state index contributed by atoms with van der Waals surface area (Å²) in [7, 11) is 4.59. The SMILES string of the molecule is COc1cc(C(=O)c2[nH]c3ccccc3c2C)cc(OC)c1OC. The molecule has 124 valence electrons. The zero-order chi connectivity index (χ0) is 17.3. The number of H-pyrrole nitrogens is 1. The second kappa shape index (κ2) is 6.28. The maximum absolute atomic E-state index is 13.0. The number of para-hydroxylation sites is 1. The molecule has 1 heterocycles. The summed E-state index contributed by atoms with van der Waals surface area (Å²) in [5, 5.41) is 1.04. The summed E-state index contributed by atoms with van der Waals surface area (Å²) in [5.74, 6) is 1.25. The Hall–Kier alpha value is -2.95. The van der Waals surface area contributed by atoms with Gasteiger partial charge in [0, 0.05) is 16.5 Å². The fourth-order valence-electron chi connectivity index (χ4n) is 2.87. The lowest BCUT2D eigenvalue weighted by atomic mass is 10.0. The maximum atomic E-state index is 13.0. The van der Waals surface area contributed by atoms with E-state index < -0.39 is 0 Å². The Morgan fingerprint density at radius 1 is 0.958 bits per heavy atom. The lowest BCUT2D eigenvalue weighted by Crippen LogP contribution is -2.05. The van der Waals surface area contributed by atoms with Gasteiger partial charge >= 0.3 is 0 Å². The maximum Gasteiger partial charge on any atom is 0.209 e. The third-order valence-electron chi connectivity index (χ3n) is 4.12. The molecule has 0 fully saturated rings. The summed E-state index contributed by atoms with van der Waals surface area (Å²) < 4.78 is 16.0. The molecule has 1 N–H and O–H groups in total. The molecule has 0 aliphatic carbocycles. The predicted molar refractivity (Wildman–Crippen MR) is 92.6 cm³/mol. The Bertz CT molecular complexity index is 886. The summed E-state index contributed by atoms with van der Waals surface area (Å²) in [6.45, 7) is 1.93. The van der Waals surface area contributed by atoms with E-state index in [0.717, 1.165) is 16.5 Å². The normalized spacial score (nSPS) is 10.7. The second-order valence-electron chi connectivity index (χ2n) is 5.41. The van der Waals surface area contributed by atoms with Gasteiger partial charge in [-0.25, -0.2) is 0 Å². The third-order valence-corrected chi connectivity index (χ3v) is 4.12. The van der Waals surface area contributed by atoms with Crippen molar-refractivity contribution >= 4 is 16.7 Å². The van der Waals surface area contributed by atoms with Crippen LogP contribution in [-0.2, 0) is 0 Å². The van der Waals surface area contributed by atoms with Crippen LogP contribution >= 0.6 is 0 Å². The topological polar surface area (TPSA) is 60.6 Å². The van der Waals surface area contributed by atoms with Crippen LogP contribution in [0.15, 0.2) is 36.4 Å². The van der Waals surface area contributed by atoms with Crippen LogP contribution in [0.4, 0.5) is 0 Å². The Balaban J connectivity index is 2.13. The number of rotatable bonds is 5. The number of carbonyl (C=O) groups is 1. The number of hydrogen-bond acceptors (Lipinski definition) is 4. The van der Waals surface area contributed by atoms with Gasteiger partial charge in [-0.2, -0.15) is 0 Å². The van der Waals surface area contributed by atoms with Crippen LogP contribution in [0.5, 0.6) is 17.2 Å². The lowest BCUT2D eigenvalue weighted by Gasteiger charge is -2.13. The Kier molecular flexibility index (Phi) is 4.16. The zero-order valence-corrected chi connectivity index (χ0v) is 14.1. The molecule has 24 heavy (non-hydrogen) atoms. The van der Waals surface area contributed by atoms with Gasteiger partial charge in [-0.3, -0.25) is 4.79 Å². The minimum atomic E-state index is -0.122. The van der Waals surface area contributed by atoms with Crippen molar-refractivity contribution < 1.29 is 19.0 Å². The smallest absolute Gasteiger partial charge is 0.209 e. The average molecular weight is 325 g/mol. The molecule has 1 aromatic heterocycles. The van der Waals surface area contributed by atoms with Crippen LogP contribution in [0.3, 0.4) is 0 Å². The summed E-state index contributed by atoms with van der Waals surface area (Å²) in [5.41, 5.74) is 2.89. The number of aryl methyl sites for hydroxylation is 1. The minimum Gasteiger partial charge on any atom is -0.493 e. The van der Waals surface area contributed by atoms with Crippen LogP contribution in [0.1, 0.15) is 21.6 Å². The third kappa shape index (κ3) is 2.48. The van der Waals surface area contributed by atoms with Crippen LogP contribution in [-0.4, -0.2) is 32.1 Å². The van der Waals surface area contributed by atoms with Crippen molar-refractivity contribution in [3.8, 4) is 17.2 Å². The van der Waals surface area contributed by atoms with E-state index in [-0.39, 0.29) is 5.78 Å². The van der Waals surface area contributed by atoms with E-state index in [1.54, 1.807) is 12.1 Å². The first-order chi connectivity index (χ1) is 11.6. The molecule has 0 spiro atoms. The molecule has 5 heteroatoms. The minimum absolute atomic E-state index is 0.122. The molecule has 0 aliphatic heterocycles.